The average Bonchev–Trinajstić information content (AvgIpc) is 3.09. The molecule has 1 aromatic carbocycles. The van der Waals surface area contributed by atoms with Crippen molar-refractivity contribution in [1.82, 2.24) is 19.8 Å². The van der Waals surface area contributed by atoms with Gasteiger partial charge in [-0.15, -0.1) is 0 Å². The molecule has 22 heavy (non-hydrogen) atoms. The number of aromatic nitrogens is 2. The van der Waals surface area contributed by atoms with Crippen LogP contribution in [0.4, 0.5) is 4.79 Å². The minimum atomic E-state index is -0.0579. The lowest BCUT2D eigenvalue weighted by atomic mass is 10.1. The predicted octanol–water partition coefficient (Wildman–Crippen LogP) is 2.38. The fraction of sp³-hybridized carbons (Fsp3) is 0.375. The molecule has 2 amide bonds. The summed E-state index contributed by atoms with van der Waals surface area (Å²) < 4.78 is 1.99. The highest BCUT2D eigenvalue weighted by molar-refractivity contribution is 7.99. The third-order valence-corrected chi connectivity index (χ3v) is 4.69. The van der Waals surface area contributed by atoms with Crippen LogP contribution in [0.2, 0.25) is 0 Å². The van der Waals surface area contributed by atoms with Crippen LogP contribution >= 0.6 is 11.8 Å². The van der Waals surface area contributed by atoms with Crippen molar-refractivity contribution in [3.8, 4) is 0 Å². The molecule has 6 heteroatoms. The third-order valence-electron chi connectivity index (χ3n) is 3.75. The van der Waals surface area contributed by atoms with Crippen molar-refractivity contribution in [1.29, 1.82) is 0 Å². The molecule has 0 bridgehead atoms. The van der Waals surface area contributed by atoms with Gasteiger partial charge >= 0.3 is 6.03 Å². The minimum absolute atomic E-state index is 0.0225. The normalized spacial score (nSPS) is 16.3. The Morgan fingerprint density at radius 3 is 2.73 bits per heavy atom. The van der Waals surface area contributed by atoms with Crippen LogP contribution in [0.3, 0.4) is 0 Å². The maximum atomic E-state index is 12.5. The van der Waals surface area contributed by atoms with Gasteiger partial charge < -0.3 is 14.8 Å². The lowest BCUT2D eigenvalue weighted by molar-refractivity contribution is 0.197. The monoisotopic (exact) mass is 316 g/mol. The number of nitrogens with one attached hydrogen (secondary N) is 1. The lowest BCUT2D eigenvalue weighted by Crippen LogP contribution is -2.46. The fourth-order valence-corrected chi connectivity index (χ4v) is 3.44. The van der Waals surface area contributed by atoms with E-state index in [1.165, 1.54) is 0 Å². The van der Waals surface area contributed by atoms with Crippen molar-refractivity contribution in [2.75, 3.05) is 24.6 Å². The molecule has 0 radical (unpaired) electrons. The van der Waals surface area contributed by atoms with Gasteiger partial charge in [0.1, 0.15) is 0 Å². The molecule has 3 rings (SSSR count). The Labute approximate surface area is 134 Å². The molecule has 1 aliphatic heterocycles. The predicted molar refractivity (Wildman–Crippen MR) is 88.8 cm³/mol. The second-order valence-electron chi connectivity index (χ2n) is 5.27. The summed E-state index contributed by atoms with van der Waals surface area (Å²) in [5, 5.41) is 3.17. The number of rotatable bonds is 4. The van der Waals surface area contributed by atoms with Crippen LogP contribution in [0.25, 0.3) is 0 Å². The summed E-state index contributed by atoms with van der Waals surface area (Å²) >= 11 is 1.90. The van der Waals surface area contributed by atoms with Gasteiger partial charge in [-0.25, -0.2) is 9.78 Å². The van der Waals surface area contributed by atoms with Crippen molar-refractivity contribution < 1.29 is 4.79 Å². The fourth-order valence-electron chi connectivity index (χ4n) is 2.53. The van der Waals surface area contributed by atoms with Gasteiger partial charge in [0.05, 0.1) is 12.4 Å². The van der Waals surface area contributed by atoms with Crippen molar-refractivity contribution in [2.24, 2.45) is 0 Å². The smallest absolute Gasteiger partial charge is 0.317 e. The minimum Gasteiger partial charge on any atom is -0.335 e. The van der Waals surface area contributed by atoms with Gasteiger partial charge in [0.25, 0.3) is 0 Å². The van der Waals surface area contributed by atoms with E-state index < -0.39 is 0 Å². The van der Waals surface area contributed by atoms with Crippen molar-refractivity contribution in [3.63, 3.8) is 0 Å². The van der Waals surface area contributed by atoms with Gasteiger partial charge in [-0.3, -0.25) is 0 Å². The van der Waals surface area contributed by atoms with Crippen LogP contribution in [0, 0.1) is 0 Å². The first kappa shape index (κ1) is 15.0. The SMILES string of the molecule is O=C(NC(Cn1ccnc1)c1ccccc1)N1CCSCC1. The van der Waals surface area contributed by atoms with E-state index in [1.54, 1.807) is 12.5 Å². The summed E-state index contributed by atoms with van der Waals surface area (Å²) in [6.07, 6.45) is 5.45. The summed E-state index contributed by atoms with van der Waals surface area (Å²) in [5.41, 5.74) is 1.11. The Morgan fingerprint density at radius 1 is 1.27 bits per heavy atom. The standard InChI is InChI=1S/C16H20N4OS/c21-16(20-8-10-22-11-9-20)18-15(12-19-7-6-17-13-19)14-4-2-1-3-5-14/h1-7,13,15H,8-12H2,(H,18,21). The van der Waals surface area contributed by atoms with Crippen LogP contribution < -0.4 is 5.32 Å². The molecule has 2 aromatic rings. The van der Waals surface area contributed by atoms with E-state index in [0.717, 1.165) is 30.2 Å². The number of amides is 2. The van der Waals surface area contributed by atoms with Crippen molar-refractivity contribution in [2.45, 2.75) is 12.6 Å². The highest BCUT2D eigenvalue weighted by Crippen LogP contribution is 2.16. The molecule has 5 nitrogen and oxygen atoms in total. The number of nitrogens with zero attached hydrogens (tertiary/aromatic N) is 3. The van der Waals surface area contributed by atoms with Crippen LogP contribution in [0.5, 0.6) is 0 Å². The van der Waals surface area contributed by atoms with Crippen molar-refractivity contribution in [3.05, 3.63) is 54.6 Å². The molecule has 0 aliphatic carbocycles. The van der Waals surface area contributed by atoms with Gasteiger partial charge in [-0.1, -0.05) is 30.3 Å². The number of carbonyl (C=O) groups is 1. The molecular weight excluding hydrogens is 296 g/mol. The number of imidazole rings is 1. The van der Waals surface area contributed by atoms with E-state index in [2.05, 4.69) is 10.3 Å². The molecular formula is C16H20N4OS. The topological polar surface area (TPSA) is 50.2 Å². The zero-order chi connectivity index (χ0) is 15.2. The van der Waals surface area contributed by atoms with Gasteiger partial charge in [-0.2, -0.15) is 11.8 Å². The molecule has 1 aliphatic rings. The first-order valence-corrected chi connectivity index (χ1v) is 8.62. The zero-order valence-electron chi connectivity index (χ0n) is 12.4. The Morgan fingerprint density at radius 2 is 2.05 bits per heavy atom. The maximum Gasteiger partial charge on any atom is 0.317 e. The Bertz CT molecular complexity index is 581. The second kappa shape index (κ2) is 7.35. The van der Waals surface area contributed by atoms with E-state index in [0.29, 0.717) is 6.54 Å². The zero-order valence-corrected chi connectivity index (χ0v) is 13.2. The number of urea groups is 1. The van der Waals surface area contributed by atoms with Crippen molar-refractivity contribution >= 4 is 17.8 Å². The van der Waals surface area contributed by atoms with Crippen LogP contribution in [-0.4, -0.2) is 45.1 Å². The first-order valence-electron chi connectivity index (χ1n) is 7.47. The number of hydrogen-bond acceptors (Lipinski definition) is 3. The molecule has 116 valence electrons. The molecule has 0 spiro atoms. The number of carbonyl (C=O) groups excluding carboxylic acids is 1. The lowest BCUT2D eigenvalue weighted by Gasteiger charge is -2.29. The maximum absolute atomic E-state index is 12.5. The van der Waals surface area contributed by atoms with Gasteiger partial charge in [0, 0.05) is 43.5 Å². The molecule has 1 aromatic heterocycles. The summed E-state index contributed by atoms with van der Waals surface area (Å²) in [7, 11) is 0. The van der Waals surface area contributed by atoms with E-state index in [4.69, 9.17) is 0 Å². The quantitative estimate of drug-likeness (QED) is 0.942. The Hall–Kier alpha value is -1.95. The summed E-state index contributed by atoms with van der Waals surface area (Å²) in [4.78, 5) is 18.5. The highest BCUT2D eigenvalue weighted by atomic mass is 32.2. The molecule has 1 fully saturated rings. The largest absolute Gasteiger partial charge is 0.335 e. The number of thioether (sulfide) groups is 1. The second-order valence-corrected chi connectivity index (χ2v) is 6.50. The molecule has 2 heterocycles. The van der Waals surface area contributed by atoms with E-state index in [-0.39, 0.29) is 12.1 Å². The molecule has 1 saturated heterocycles. The third kappa shape index (κ3) is 3.82. The van der Waals surface area contributed by atoms with Crippen LogP contribution in [-0.2, 0) is 6.54 Å². The summed E-state index contributed by atoms with van der Waals surface area (Å²) in [6, 6.07) is 10.1. The van der Waals surface area contributed by atoms with Crippen LogP contribution in [0.15, 0.2) is 49.1 Å². The van der Waals surface area contributed by atoms with E-state index in [9.17, 15) is 4.79 Å². The molecule has 1 unspecified atom stereocenters. The number of benzene rings is 1. The van der Waals surface area contributed by atoms with E-state index in [1.807, 2.05) is 57.8 Å². The molecule has 0 saturated carbocycles. The van der Waals surface area contributed by atoms with Gasteiger partial charge in [0.15, 0.2) is 0 Å². The van der Waals surface area contributed by atoms with Gasteiger partial charge in [0.2, 0.25) is 0 Å². The van der Waals surface area contributed by atoms with Gasteiger partial charge in [-0.05, 0) is 5.56 Å². The summed E-state index contributed by atoms with van der Waals surface area (Å²) in [5.74, 6) is 2.04. The Balaban J connectivity index is 1.71. The Kier molecular flexibility index (Phi) is 5.00. The van der Waals surface area contributed by atoms with Crippen LogP contribution in [0.1, 0.15) is 11.6 Å². The number of hydrogen-bond donors (Lipinski definition) is 1. The average molecular weight is 316 g/mol. The molecule has 1 N–H and O–H groups in total. The summed E-state index contributed by atoms with van der Waals surface area (Å²) in [6.45, 7) is 2.32. The first-order chi connectivity index (χ1) is 10.8. The van der Waals surface area contributed by atoms with E-state index >= 15 is 0 Å². The highest BCUT2D eigenvalue weighted by Gasteiger charge is 2.21. The molecule has 1 atom stereocenters.